The lowest BCUT2D eigenvalue weighted by molar-refractivity contribution is -0.135. The number of carbonyl (C=O) groups excluding carboxylic acids is 1. The summed E-state index contributed by atoms with van der Waals surface area (Å²) >= 11 is 0. The predicted octanol–water partition coefficient (Wildman–Crippen LogP) is 2.35. The minimum atomic E-state index is 0.149. The number of rotatable bonds is 2. The number of anilines is 1. The number of nitrogens with zero attached hydrogens (tertiary/aromatic N) is 4. The maximum atomic E-state index is 12.7. The lowest BCUT2D eigenvalue weighted by Crippen LogP contribution is -2.39. The lowest BCUT2D eigenvalue weighted by Gasteiger charge is -2.27. The first kappa shape index (κ1) is 15.5. The molecule has 0 spiro atoms. The summed E-state index contributed by atoms with van der Waals surface area (Å²) in [7, 11) is 0. The number of allylic oxidation sites excluding steroid dienone is 2. The van der Waals surface area contributed by atoms with Crippen molar-refractivity contribution in [3.63, 3.8) is 0 Å². The lowest BCUT2D eigenvalue weighted by atomic mass is 9.93. The normalized spacial score (nSPS) is 21.6. The van der Waals surface area contributed by atoms with Crippen molar-refractivity contribution < 1.29 is 4.79 Å². The van der Waals surface area contributed by atoms with E-state index < -0.39 is 0 Å². The number of amides is 1. The van der Waals surface area contributed by atoms with Crippen molar-refractivity contribution in [3.8, 4) is 6.07 Å². The van der Waals surface area contributed by atoms with Gasteiger partial charge in [-0.2, -0.15) is 5.26 Å². The molecule has 3 rings (SSSR count). The molecule has 1 fully saturated rings. The quantitative estimate of drug-likeness (QED) is 0.787. The Balaban J connectivity index is 1.66. The maximum Gasteiger partial charge on any atom is 0.226 e. The van der Waals surface area contributed by atoms with Crippen molar-refractivity contribution >= 4 is 11.7 Å². The van der Waals surface area contributed by atoms with E-state index in [1.54, 1.807) is 18.3 Å². The second kappa shape index (κ2) is 7.28. The standard InChI is InChI=1S/C18H22N4O/c19-14-16-8-4-9-20-17(16)21-10-5-11-22(13-12-21)18(23)15-6-2-1-3-7-15/h1-2,4,8-9,15H,3,5-7,10-13H2/t15-/m1/s1. The van der Waals surface area contributed by atoms with Gasteiger partial charge in [0.1, 0.15) is 11.9 Å². The van der Waals surface area contributed by atoms with Crippen molar-refractivity contribution in [2.24, 2.45) is 5.92 Å². The number of hydrogen-bond acceptors (Lipinski definition) is 4. The third kappa shape index (κ3) is 3.53. The number of nitriles is 1. The van der Waals surface area contributed by atoms with Gasteiger partial charge in [-0.1, -0.05) is 12.2 Å². The molecule has 120 valence electrons. The zero-order chi connectivity index (χ0) is 16.1. The summed E-state index contributed by atoms with van der Waals surface area (Å²) in [4.78, 5) is 21.2. The molecule has 1 amide bonds. The van der Waals surface area contributed by atoms with E-state index in [-0.39, 0.29) is 11.8 Å². The van der Waals surface area contributed by atoms with Crippen LogP contribution in [0, 0.1) is 17.2 Å². The average molecular weight is 310 g/mol. The summed E-state index contributed by atoms with van der Waals surface area (Å²) in [6.07, 6.45) is 9.78. The molecular weight excluding hydrogens is 288 g/mol. The van der Waals surface area contributed by atoms with E-state index in [0.717, 1.165) is 51.1 Å². The number of pyridine rings is 1. The Morgan fingerprint density at radius 2 is 2.17 bits per heavy atom. The van der Waals surface area contributed by atoms with Gasteiger partial charge in [0.2, 0.25) is 5.91 Å². The first-order valence-corrected chi connectivity index (χ1v) is 8.33. The van der Waals surface area contributed by atoms with E-state index in [2.05, 4.69) is 28.1 Å². The molecule has 0 bridgehead atoms. The fourth-order valence-corrected chi connectivity index (χ4v) is 3.36. The van der Waals surface area contributed by atoms with Gasteiger partial charge in [-0.25, -0.2) is 4.98 Å². The summed E-state index contributed by atoms with van der Waals surface area (Å²) < 4.78 is 0. The molecule has 0 radical (unpaired) electrons. The van der Waals surface area contributed by atoms with Crippen LogP contribution >= 0.6 is 0 Å². The average Bonchev–Trinajstić information content (AvgIpc) is 2.88. The van der Waals surface area contributed by atoms with Gasteiger partial charge in [-0.15, -0.1) is 0 Å². The van der Waals surface area contributed by atoms with Gasteiger partial charge in [-0.05, 0) is 37.8 Å². The van der Waals surface area contributed by atoms with Crippen LogP contribution in [0.2, 0.25) is 0 Å². The van der Waals surface area contributed by atoms with Crippen LogP contribution in [0.1, 0.15) is 31.2 Å². The third-order valence-corrected chi connectivity index (χ3v) is 4.63. The topological polar surface area (TPSA) is 60.2 Å². The number of carbonyl (C=O) groups is 1. The van der Waals surface area contributed by atoms with Gasteiger partial charge < -0.3 is 9.80 Å². The second-order valence-corrected chi connectivity index (χ2v) is 6.13. The summed E-state index contributed by atoms with van der Waals surface area (Å²) in [5.74, 6) is 1.18. The number of hydrogen-bond donors (Lipinski definition) is 0. The molecule has 0 unspecified atom stereocenters. The van der Waals surface area contributed by atoms with Crippen LogP contribution in [0.3, 0.4) is 0 Å². The van der Waals surface area contributed by atoms with Crippen molar-refractivity contribution in [2.45, 2.75) is 25.7 Å². The monoisotopic (exact) mass is 310 g/mol. The molecule has 0 saturated carbocycles. The highest BCUT2D eigenvalue weighted by Gasteiger charge is 2.26. The molecule has 1 aliphatic heterocycles. The van der Waals surface area contributed by atoms with Crippen LogP contribution in [-0.4, -0.2) is 42.0 Å². The Bertz CT molecular complexity index is 634. The molecule has 1 saturated heterocycles. The van der Waals surface area contributed by atoms with Crippen LogP contribution in [-0.2, 0) is 4.79 Å². The molecule has 5 heteroatoms. The van der Waals surface area contributed by atoms with Crippen LogP contribution in [0.15, 0.2) is 30.5 Å². The highest BCUT2D eigenvalue weighted by Crippen LogP contribution is 2.23. The van der Waals surface area contributed by atoms with Gasteiger partial charge in [0.05, 0.1) is 5.56 Å². The maximum absolute atomic E-state index is 12.7. The van der Waals surface area contributed by atoms with Crippen LogP contribution in [0.25, 0.3) is 0 Å². The van der Waals surface area contributed by atoms with E-state index >= 15 is 0 Å². The minimum absolute atomic E-state index is 0.149. The Morgan fingerprint density at radius 3 is 2.96 bits per heavy atom. The highest BCUT2D eigenvalue weighted by atomic mass is 16.2. The molecule has 5 nitrogen and oxygen atoms in total. The number of aromatic nitrogens is 1. The van der Waals surface area contributed by atoms with E-state index in [9.17, 15) is 10.1 Å². The fraction of sp³-hybridized carbons (Fsp3) is 0.500. The molecule has 0 N–H and O–H groups in total. The summed E-state index contributed by atoms with van der Waals surface area (Å²) in [5.41, 5.74) is 0.602. The van der Waals surface area contributed by atoms with Gasteiger partial charge in [-0.3, -0.25) is 4.79 Å². The van der Waals surface area contributed by atoms with Crippen molar-refractivity contribution in [2.75, 3.05) is 31.1 Å². The van der Waals surface area contributed by atoms with Crippen molar-refractivity contribution in [1.29, 1.82) is 5.26 Å². The fourth-order valence-electron chi connectivity index (χ4n) is 3.36. The summed E-state index contributed by atoms with van der Waals surface area (Å²) in [6.45, 7) is 3.07. The van der Waals surface area contributed by atoms with E-state index in [4.69, 9.17) is 0 Å². The Labute approximate surface area is 137 Å². The third-order valence-electron chi connectivity index (χ3n) is 4.63. The Morgan fingerprint density at radius 1 is 1.26 bits per heavy atom. The van der Waals surface area contributed by atoms with Gasteiger partial charge in [0.15, 0.2) is 0 Å². The molecule has 1 aromatic rings. The first-order chi connectivity index (χ1) is 11.3. The SMILES string of the molecule is N#Cc1cccnc1N1CCCN(C(=O)[C@@H]2CC=CCC2)CC1. The summed E-state index contributed by atoms with van der Waals surface area (Å²) in [6, 6.07) is 5.79. The Kier molecular flexibility index (Phi) is 4.92. The summed E-state index contributed by atoms with van der Waals surface area (Å²) in [5, 5.41) is 9.24. The van der Waals surface area contributed by atoms with E-state index in [1.165, 1.54) is 0 Å². The first-order valence-electron chi connectivity index (χ1n) is 8.33. The van der Waals surface area contributed by atoms with Crippen LogP contribution in [0.4, 0.5) is 5.82 Å². The van der Waals surface area contributed by atoms with Crippen molar-refractivity contribution in [3.05, 3.63) is 36.0 Å². The molecular formula is C18H22N4O. The molecule has 1 aliphatic carbocycles. The second-order valence-electron chi connectivity index (χ2n) is 6.13. The molecule has 2 aliphatic rings. The van der Waals surface area contributed by atoms with Crippen LogP contribution in [0.5, 0.6) is 0 Å². The highest BCUT2D eigenvalue weighted by molar-refractivity contribution is 5.79. The van der Waals surface area contributed by atoms with Crippen LogP contribution < -0.4 is 4.90 Å². The Hall–Kier alpha value is -2.35. The smallest absolute Gasteiger partial charge is 0.226 e. The molecule has 1 aromatic heterocycles. The van der Waals surface area contributed by atoms with Gasteiger partial charge >= 0.3 is 0 Å². The largest absolute Gasteiger partial charge is 0.354 e. The minimum Gasteiger partial charge on any atom is -0.354 e. The molecule has 2 heterocycles. The molecule has 0 aromatic carbocycles. The van der Waals surface area contributed by atoms with E-state index in [0.29, 0.717) is 12.1 Å². The van der Waals surface area contributed by atoms with Gasteiger partial charge in [0.25, 0.3) is 0 Å². The van der Waals surface area contributed by atoms with E-state index in [1.807, 2.05) is 4.90 Å². The molecule has 1 atom stereocenters. The molecule has 23 heavy (non-hydrogen) atoms. The zero-order valence-electron chi connectivity index (χ0n) is 13.3. The van der Waals surface area contributed by atoms with Crippen molar-refractivity contribution in [1.82, 2.24) is 9.88 Å². The zero-order valence-corrected chi connectivity index (χ0v) is 13.3. The predicted molar refractivity (Wildman–Crippen MR) is 88.8 cm³/mol. The van der Waals surface area contributed by atoms with Gasteiger partial charge in [0, 0.05) is 38.3 Å².